The molecule has 29 heavy (non-hydrogen) atoms. The van der Waals surface area contributed by atoms with E-state index in [-0.39, 0.29) is 11.8 Å². The Balaban J connectivity index is 1.60. The normalized spacial score (nSPS) is 23.6. The van der Waals surface area contributed by atoms with E-state index >= 15 is 0 Å². The molecule has 0 unspecified atom stereocenters. The lowest BCUT2D eigenvalue weighted by molar-refractivity contribution is -0.126. The minimum atomic E-state index is -0.861. The number of carbonyl (C=O) groups is 2. The zero-order valence-electron chi connectivity index (χ0n) is 15.8. The second kappa shape index (κ2) is 6.83. The zero-order valence-corrected chi connectivity index (χ0v) is 15.8. The van der Waals surface area contributed by atoms with Crippen molar-refractivity contribution in [2.75, 3.05) is 9.96 Å². The van der Waals surface area contributed by atoms with Crippen molar-refractivity contribution < 1.29 is 14.4 Å². The summed E-state index contributed by atoms with van der Waals surface area (Å²) < 4.78 is 0. The number of benzene rings is 2. The summed E-state index contributed by atoms with van der Waals surface area (Å²) in [6.07, 6.45) is 2.51. The van der Waals surface area contributed by atoms with E-state index in [1.807, 2.05) is 67.6 Å². The molecule has 6 nitrogen and oxygen atoms in total. The number of hydrogen-bond donors (Lipinski definition) is 0. The molecule has 2 aliphatic rings. The molecule has 2 aliphatic heterocycles. The maximum Gasteiger partial charge on any atom is 0.266 e. The summed E-state index contributed by atoms with van der Waals surface area (Å²) >= 11 is 0. The van der Waals surface area contributed by atoms with Crippen molar-refractivity contribution in [1.29, 1.82) is 0 Å². The molecular formula is C23H19N3O3. The van der Waals surface area contributed by atoms with Gasteiger partial charge in [-0.1, -0.05) is 36.4 Å². The molecule has 0 saturated carbocycles. The Hall–Kier alpha value is -3.51. The van der Waals surface area contributed by atoms with Crippen LogP contribution >= 0.6 is 0 Å². The molecule has 3 aromatic rings. The number of rotatable bonds is 3. The number of anilines is 2. The molecule has 144 valence electrons. The van der Waals surface area contributed by atoms with E-state index in [0.717, 1.165) is 16.8 Å². The molecule has 2 aromatic carbocycles. The quantitative estimate of drug-likeness (QED) is 0.647. The maximum atomic E-state index is 13.5. The smallest absolute Gasteiger partial charge is 0.266 e. The third-order valence-corrected chi connectivity index (χ3v) is 5.53. The van der Waals surface area contributed by atoms with E-state index in [1.165, 1.54) is 4.90 Å². The first-order valence-corrected chi connectivity index (χ1v) is 9.51. The molecule has 0 aliphatic carbocycles. The van der Waals surface area contributed by atoms with Crippen molar-refractivity contribution in [3.05, 3.63) is 90.3 Å². The molecule has 3 atom stereocenters. The second-order valence-corrected chi connectivity index (χ2v) is 7.24. The van der Waals surface area contributed by atoms with Gasteiger partial charge in [0, 0.05) is 12.4 Å². The highest BCUT2D eigenvalue weighted by Crippen LogP contribution is 2.47. The van der Waals surface area contributed by atoms with Gasteiger partial charge in [0.05, 0.1) is 17.4 Å². The van der Waals surface area contributed by atoms with Crippen LogP contribution in [0.5, 0.6) is 0 Å². The Morgan fingerprint density at radius 1 is 0.862 bits per heavy atom. The van der Waals surface area contributed by atoms with Gasteiger partial charge in [-0.05, 0) is 48.4 Å². The minimum Gasteiger partial charge on any atom is -0.273 e. The van der Waals surface area contributed by atoms with Crippen LogP contribution in [0.15, 0.2) is 79.1 Å². The van der Waals surface area contributed by atoms with Crippen molar-refractivity contribution in [3.8, 4) is 0 Å². The van der Waals surface area contributed by atoms with Gasteiger partial charge in [0.15, 0.2) is 6.10 Å². The third kappa shape index (κ3) is 2.72. The van der Waals surface area contributed by atoms with Crippen LogP contribution in [0.1, 0.15) is 17.2 Å². The molecule has 2 saturated heterocycles. The van der Waals surface area contributed by atoms with Gasteiger partial charge < -0.3 is 0 Å². The molecule has 2 amide bonds. The van der Waals surface area contributed by atoms with Gasteiger partial charge in [0.1, 0.15) is 5.92 Å². The van der Waals surface area contributed by atoms with Crippen molar-refractivity contribution in [2.24, 2.45) is 5.92 Å². The first-order chi connectivity index (χ1) is 14.2. The van der Waals surface area contributed by atoms with Crippen LogP contribution in [0.25, 0.3) is 0 Å². The van der Waals surface area contributed by atoms with Crippen molar-refractivity contribution >= 4 is 23.2 Å². The van der Waals surface area contributed by atoms with Crippen molar-refractivity contribution in [2.45, 2.75) is 19.1 Å². The molecule has 0 N–H and O–H groups in total. The van der Waals surface area contributed by atoms with Gasteiger partial charge in [-0.2, -0.15) is 0 Å². The van der Waals surface area contributed by atoms with Gasteiger partial charge in [0.2, 0.25) is 5.91 Å². The minimum absolute atomic E-state index is 0.241. The third-order valence-electron chi connectivity index (χ3n) is 5.53. The number of amides is 2. The highest BCUT2D eigenvalue weighted by Gasteiger charge is 2.60. The molecule has 0 radical (unpaired) electrons. The van der Waals surface area contributed by atoms with Gasteiger partial charge >= 0.3 is 0 Å². The summed E-state index contributed by atoms with van der Waals surface area (Å²) in [4.78, 5) is 38.2. The number of aryl methyl sites for hydroxylation is 1. The maximum absolute atomic E-state index is 13.5. The van der Waals surface area contributed by atoms with Crippen LogP contribution in [-0.4, -0.2) is 22.9 Å². The van der Waals surface area contributed by atoms with Gasteiger partial charge in [-0.25, -0.2) is 9.96 Å². The first-order valence-electron chi connectivity index (χ1n) is 9.51. The lowest BCUT2D eigenvalue weighted by Gasteiger charge is -2.29. The van der Waals surface area contributed by atoms with Crippen LogP contribution in [0, 0.1) is 12.8 Å². The lowest BCUT2D eigenvalue weighted by atomic mass is 9.91. The summed E-state index contributed by atoms with van der Waals surface area (Å²) in [6.45, 7) is 1.89. The Bertz CT molecular complexity index is 1070. The number of aromatic nitrogens is 1. The van der Waals surface area contributed by atoms with Crippen LogP contribution < -0.4 is 9.96 Å². The van der Waals surface area contributed by atoms with Crippen molar-refractivity contribution in [3.63, 3.8) is 0 Å². The molecular weight excluding hydrogens is 366 g/mol. The Kier molecular flexibility index (Phi) is 4.14. The molecule has 3 heterocycles. The fourth-order valence-corrected chi connectivity index (χ4v) is 4.16. The first kappa shape index (κ1) is 17.6. The van der Waals surface area contributed by atoms with E-state index in [1.54, 1.807) is 23.5 Å². The summed E-state index contributed by atoms with van der Waals surface area (Å²) in [5.41, 5.74) is 3.16. The van der Waals surface area contributed by atoms with E-state index in [2.05, 4.69) is 4.98 Å². The Labute approximate surface area is 168 Å². The Morgan fingerprint density at radius 2 is 1.55 bits per heavy atom. The summed E-state index contributed by atoms with van der Waals surface area (Å²) in [6, 6.07) is 20.2. The van der Waals surface area contributed by atoms with Crippen molar-refractivity contribution in [1.82, 2.24) is 4.98 Å². The number of fused-ring (bicyclic) bond motifs is 1. The number of imide groups is 1. The fraction of sp³-hybridized carbons (Fsp3) is 0.174. The molecule has 5 rings (SSSR count). The SMILES string of the molecule is Cc1ccccc1N1C(=O)[C@H]2[C@@H](ON(c3ccccc3)[C@H]2c2ccncc2)C1=O. The molecule has 2 fully saturated rings. The highest BCUT2D eigenvalue weighted by atomic mass is 16.7. The van der Waals surface area contributed by atoms with E-state index < -0.39 is 18.1 Å². The molecule has 0 spiro atoms. The summed E-state index contributed by atoms with van der Waals surface area (Å²) in [5, 5.41) is 1.69. The second-order valence-electron chi connectivity index (χ2n) is 7.24. The Morgan fingerprint density at radius 3 is 2.28 bits per heavy atom. The number of hydroxylamine groups is 1. The molecule has 0 bridgehead atoms. The van der Waals surface area contributed by atoms with Crippen LogP contribution in [0.4, 0.5) is 11.4 Å². The fourth-order valence-electron chi connectivity index (χ4n) is 4.16. The number of para-hydroxylation sites is 2. The van der Waals surface area contributed by atoms with Gasteiger partial charge in [-0.15, -0.1) is 0 Å². The van der Waals surface area contributed by atoms with Gasteiger partial charge in [-0.3, -0.25) is 19.4 Å². The van der Waals surface area contributed by atoms with Crippen LogP contribution in [0.3, 0.4) is 0 Å². The zero-order chi connectivity index (χ0) is 20.0. The predicted octanol–water partition coefficient (Wildman–Crippen LogP) is 3.44. The van der Waals surface area contributed by atoms with Crippen LogP contribution in [0.2, 0.25) is 0 Å². The average molecular weight is 385 g/mol. The topological polar surface area (TPSA) is 62.7 Å². The standard InChI is InChI=1S/C23H19N3O3/c1-15-7-5-6-10-18(15)25-22(27)19-20(16-11-13-24-14-12-16)26(29-21(19)23(25)28)17-8-3-2-4-9-17/h2-14,19-21H,1H3/t19-,20+,21-/m1/s1. The monoisotopic (exact) mass is 385 g/mol. The largest absolute Gasteiger partial charge is 0.273 e. The van der Waals surface area contributed by atoms with Crippen LogP contribution in [-0.2, 0) is 14.4 Å². The van der Waals surface area contributed by atoms with Gasteiger partial charge in [0.25, 0.3) is 5.91 Å². The lowest BCUT2D eigenvalue weighted by Crippen LogP contribution is -2.37. The van der Waals surface area contributed by atoms with E-state index in [9.17, 15) is 9.59 Å². The average Bonchev–Trinajstić information content (AvgIpc) is 3.26. The predicted molar refractivity (Wildman–Crippen MR) is 108 cm³/mol. The van der Waals surface area contributed by atoms with E-state index in [4.69, 9.17) is 4.84 Å². The highest BCUT2D eigenvalue weighted by molar-refractivity contribution is 6.24. The summed E-state index contributed by atoms with van der Waals surface area (Å²) in [5.74, 6) is -1.20. The molecule has 1 aromatic heterocycles. The number of nitrogens with zero attached hydrogens (tertiary/aromatic N) is 3. The van der Waals surface area contributed by atoms with E-state index in [0.29, 0.717) is 5.69 Å². The number of hydrogen-bond acceptors (Lipinski definition) is 5. The number of carbonyl (C=O) groups excluding carboxylic acids is 2. The molecule has 6 heteroatoms. The number of pyridine rings is 1. The summed E-state index contributed by atoms with van der Waals surface area (Å²) in [7, 11) is 0.